The Kier molecular flexibility index (Phi) is 9.18. The molecule has 3 rings (SSSR count). The Labute approximate surface area is 179 Å². The fraction of sp³-hybridized carbons (Fsp3) is 0.273. The van der Waals surface area contributed by atoms with Gasteiger partial charge in [-0.1, -0.05) is 11.6 Å². The number of carbonyl (C=O) groups is 2. The Bertz CT molecular complexity index is 889. The molecule has 160 valence electrons. The standard InChI is InChI=1S/C18H20ClNO2.C4H4O4/c1-20-10-8-15-16(9-11-20)18(7-6-17(15)19)22-13-3-5-14-4-2-12-21-14;5-3(6)1-2-4(7)8/h2-7,12H,8-11,13H2,1H3;1-2H,(H,5,6)(H,7,8)/b;2-1-. The van der Waals surface area contributed by atoms with Crippen LogP contribution < -0.4 is 4.74 Å². The van der Waals surface area contributed by atoms with Crippen molar-refractivity contribution in [2.24, 2.45) is 0 Å². The largest absolute Gasteiger partial charge is 0.489 e. The minimum absolute atomic E-state index is 0.518. The highest BCUT2D eigenvalue weighted by molar-refractivity contribution is 6.31. The number of hydrogen-bond donors (Lipinski definition) is 2. The molecule has 0 unspecified atom stereocenters. The normalized spacial score (nSPS) is 14.1. The number of rotatable bonds is 6. The van der Waals surface area contributed by atoms with Crippen molar-refractivity contribution >= 4 is 29.6 Å². The van der Waals surface area contributed by atoms with E-state index in [9.17, 15) is 9.59 Å². The van der Waals surface area contributed by atoms with E-state index in [4.69, 9.17) is 31.0 Å². The molecule has 1 aliphatic heterocycles. The maximum absolute atomic E-state index is 9.55. The summed E-state index contributed by atoms with van der Waals surface area (Å²) in [6, 6.07) is 7.71. The minimum Gasteiger partial charge on any atom is -0.489 e. The Morgan fingerprint density at radius 2 is 1.80 bits per heavy atom. The van der Waals surface area contributed by atoms with Crippen molar-refractivity contribution in [3.8, 4) is 5.75 Å². The second-order valence-electron chi connectivity index (χ2n) is 6.54. The molecule has 2 heterocycles. The number of carboxylic acids is 2. The fourth-order valence-electron chi connectivity index (χ4n) is 2.87. The van der Waals surface area contributed by atoms with Crippen molar-refractivity contribution in [1.29, 1.82) is 0 Å². The predicted octanol–water partition coefficient (Wildman–Crippen LogP) is 3.77. The van der Waals surface area contributed by atoms with Gasteiger partial charge in [-0.05, 0) is 61.9 Å². The van der Waals surface area contributed by atoms with Gasteiger partial charge in [-0.25, -0.2) is 9.59 Å². The Morgan fingerprint density at radius 3 is 2.40 bits per heavy atom. The molecule has 1 aromatic carbocycles. The number of aliphatic carboxylic acids is 2. The molecule has 0 aliphatic carbocycles. The summed E-state index contributed by atoms with van der Waals surface area (Å²) in [5.41, 5.74) is 2.49. The van der Waals surface area contributed by atoms with Gasteiger partial charge in [0.1, 0.15) is 18.1 Å². The van der Waals surface area contributed by atoms with Crippen molar-refractivity contribution in [3.05, 3.63) is 70.7 Å². The molecule has 1 aliphatic rings. The topological polar surface area (TPSA) is 100 Å². The molecule has 0 spiro atoms. The van der Waals surface area contributed by atoms with E-state index in [1.807, 2.05) is 36.4 Å². The Hall–Kier alpha value is -3.03. The highest BCUT2D eigenvalue weighted by atomic mass is 35.5. The van der Waals surface area contributed by atoms with Crippen molar-refractivity contribution in [1.82, 2.24) is 4.90 Å². The average Bonchev–Trinajstić information content (AvgIpc) is 3.14. The van der Waals surface area contributed by atoms with Crippen LogP contribution in [-0.2, 0) is 22.4 Å². The van der Waals surface area contributed by atoms with Gasteiger partial charge in [0.2, 0.25) is 0 Å². The van der Waals surface area contributed by atoms with Gasteiger partial charge in [-0.3, -0.25) is 0 Å². The zero-order valence-electron chi connectivity index (χ0n) is 16.6. The number of hydrogen-bond acceptors (Lipinski definition) is 5. The molecule has 0 bridgehead atoms. The number of halogens is 1. The lowest BCUT2D eigenvalue weighted by Crippen LogP contribution is -2.20. The lowest BCUT2D eigenvalue weighted by molar-refractivity contribution is -0.134. The quantitative estimate of drug-likeness (QED) is 0.669. The first-order chi connectivity index (χ1) is 14.4. The van der Waals surface area contributed by atoms with Crippen molar-refractivity contribution in [2.45, 2.75) is 12.8 Å². The molecule has 8 heteroatoms. The van der Waals surface area contributed by atoms with E-state index in [2.05, 4.69) is 11.9 Å². The van der Waals surface area contributed by atoms with Gasteiger partial charge in [0.25, 0.3) is 0 Å². The number of benzene rings is 1. The van der Waals surface area contributed by atoms with Crippen LogP contribution in [0.15, 0.2) is 53.2 Å². The van der Waals surface area contributed by atoms with E-state index < -0.39 is 11.9 Å². The van der Waals surface area contributed by atoms with Gasteiger partial charge >= 0.3 is 11.9 Å². The van der Waals surface area contributed by atoms with Gasteiger partial charge in [0.15, 0.2) is 0 Å². The van der Waals surface area contributed by atoms with Crippen LogP contribution in [-0.4, -0.2) is 53.8 Å². The van der Waals surface area contributed by atoms with Crippen LogP contribution in [0.5, 0.6) is 5.75 Å². The van der Waals surface area contributed by atoms with Crippen LogP contribution in [0.2, 0.25) is 5.02 Å². The third-order valence-electron chi connectivity index (χ3n) is 4.35. The molecule has 0 saturated heterocycles. The molecule has 0 fully saturated rings. The summed E-state index contributed by atoms with van der Waals surface area (Å²) in [5.74, 6) is -0.737. The number of furan rings is 1. The van der Waals surface area contributed by atoms with Crippen molar-refractivity contribution in [3.63, 3.8) is 0 Å². The molecule has 0 amide bonds. The van der Waals surface area contributed by atoms with E-state index in [1.54, 1.807) is 6.26 Å². The zero-order valence-corrected chi connectivity index (χ0v) is 17.3. The van der Waals surface area contributed by atoms with Crippen molar-refractivity contribution in [2.75, 3.05) is 26.7 Å². The SMILES string of the molecule is CN1CCc2c(Cl)ccc(OCC=Cc3ccco3)c2CC1.O=C(O)/C=C\C(=O)O. The third-order valence-corrected chi connectivity index (χ3v) is 4.70. The molecule has 1 aromatic heterocycles. The first-order valence-electron chi connectivity index (χ1n) is 9.32. The van der Waals surface area contributed by atoms with Crippen LogP contribution in [0, 0.1) is 0 Å². The number of nitrogens with zero attached hydrogens (tertiary/aromatic N) is 1. The van der Waals surface area contributed by atoms with E-state index in [1.165, 1.54) is 11.1 Å². The molecule has 7 nitrogen and oxygen atoms in total. The minimum atomic E-state index is -1.26. The highest BCUT2D eigenvalue weighted by Gasteiger charge is 2.17. The number of fused-ring (bicyclic) bond motifs is 1. The fourth-order valence-corrected chi connectivity index (χ4v) is 3.14. The Morgan fingerprint density at radius 1 is 1.13 bits per heavy atom. The summed E-state index contributed by atoms with van der Waals surface area (Å²) < 4.78 is 11.2. The second kappa shape index (κ2) is 11.8. The highest BCUT2D eigenvalue weighted by Crippen LogP contribution is 2.31. The first kappa shape index (κ1) is 23.3. The summed E-state index contributed by atoms with van der Waals surface area (Å²) in [7, 11) is 2.15. The van der Waals surface area contributed by atoms with Crippen LogP contribution in [0.4, 0.5) is 0 Å². The third kappa shape index (κ3) is 7.77. The van der Waals surface area contributed by atoms with Crippen molar-refractivity contribution < 1.29 is 29.0 Å². The first-order valence-corrected chi connectivity index (χ1v) is 9.70. The average molecular weight is 434 g/mol. The van der Waals surface area contributed by atoms with E-state index >= 15 is 0 Å². The number of likely N-dealkylation sites (N-methyl/N-ethyl adjacent to an activating group) is 1. The van der Waals surface area contributed by atoms with E-state index in [-0.39, 0.29) is 0 Å². The van der Waals surface area contributed by atoms with Gasteiger partial charge in [-0.15, -0.1) is 0 Å². The van der Waals surface area contributed by atoms with Gasteiger partial charge in [0.05, 0.1) is 6.26 Å². The molecule has 2 N–H and O–H groups in total. The van der Waals surface area contributed by atoms with Gasteiger partial charge in [0, 0.05) is 35.8 Å². The summed E-state index contributed by atoms with van der Waals surface area (Å²) in [6.45, 7) is 2.59. The maximum Gasteiger partial charge on any atom is 0.328 e. The summed E-state index contributed by atoms with van der Waals surface area (Å²) in [6.07, 6.45) is 8.61. The monoisotopic (exact) mass is 433 g/mol. The molecule has 2 aromatic rings. The molecule has 0 saturated carbocycles. The van der Waals surface area contributed by atoms with Crippen LogP contribution in [0.1, 0.15) is 16.9 Å². The van der Waals surface area contributed by atoms with Crippen LogP contribution in [0.25, 0.3) is 6.08 Å². The molecule has 0 radical (unpaired) electrons. The van der Waals surface area contributed by atoms with Crippen LogP contribution in [0.3, 0.4) is 0 Å². The molecular weight excluding hydrogens is 410 g/mol. The number of ether oxygens (including phenoxy) is 1. The molecule has 30 heavy (non-hydrogen) atoms. The second-order valence-corrected chi connectivity index (χ2v) is 6.95. The lowest BCUT2D eigenvalue weighted by atomic mass is 10.0. The summed E-state index contributed by atoms with van der Waals surface area (Å²) >= 11 is 6.36. The van der Waals surface area contributed by atoms with Gasteiger partial charge < -0.3 is 24.3 Å². The zero-order chi connectivity index (χ0) is 21.9. The molecule has 0 atom stereocenters. The number of carboxylic acid groups (broad SMARTS) is 2. The van der Waals surface area contributed by atoms with Gasteiger partial charge in [-0.2, -0.15) is 0 Å². The Balaban J connectivity index is 0.000000343. The lowest BCUT2D eigenvalue weighted by Gasteiger charge is -2.14. The van der Waals surface area contributed by atoms with E-state index in [0.29, 0.717) is 18.8 Å². The predicted molar refractivity (Wildman–Crippen MR) is 114 cm³/mol. The molecular formula is C22H24ClNO6. The van der Waals surface area contributed by atoms with E-state index in [0.717, 1.165) is 42.5 Å². The smallest absolute Gasteiger partial charge is 0.328 e. The summed E-state index contributed by atoms with van der Waals surface area (Å²) in [5, 5.41) is 16.5. The summed E-state index contributed by atoms with van der Waals surface area (Å²) in [4.78, 5) is 21.4. The maximum atomic E-state index is 9.55. The van der Waals surface area contributed by atoms with Crippen LogP contribution >= 0.6 is 11.6 Å².